The lowest BCUT2D eigenvalue weighted by molar-refractivity contribution is 0.521. The molecule has 114 valence electrons. The molecule has 0 saturated carbocycles. The summed E-state index contributed by atoms with van der Waals surface area (Å²) in [5, 5.41) is 3.47. The topological polar surface area (TPSA) is 101 Å². The summed E-state index contributed by atoms with van der Waals surface area (Å²) in [6.45, 7) is 2.30. The molecule has 0 saturated heterocycles. The van der Waals surface area contributed by atoms with Crippen LogP contribution >= 0.6 is 11.5 Å². The molecule has 0 aliphatic rings. The lowest BCUT2D eigenvalue weighted by Crippen LogP contribution is -2.23. The van der Waals surface area contributed by atoms with Gasteiger partial charge in [-0.25, -0.2) is 12.7 Å². The lowest BCUT2D eigenvalue weighted by atomic mass is 10.3. The zero-order chi connectivity index (χ0) is 15.6. The van der Waals surface area contributed by atoms with Crippen LogP contribution in [0.1, 0.15) is 11.4 Å². The SMILES string of the molecule is Cc1cccc(CNc2snc(N)c2S(=O)(=O)N(C)C)n1. The summed E-state index contributed by atoms with van der Waals surface area (Å²) in [7, 11) is -0.721. The van der Waals surface area contributed by atoms with Crippen LogP contribution in [0, 0.1) is 6.92 Å². The molecule has 0 spiro atoms. The van der Waals surface area contributed by atoms with E-state index in [2.05, 4.69) is 14.7 Å². The molecule has 0 unspecified atom stereocenters. The van der Waals surface area contributed by atoms with Crippen LogP contribution in [-0.2, 0) is 16.6 Å². The number of nitrogens with zero attached hydrogens (tertiary/aromatic N) is 3. The molecule has 0 bridgehead atoms. The zero-order valence-corrected chi connectivity index (χ0v) is 13.6. The predicted molar refractivity (Wildman–Crippen MR) is 83.7 cm³/mol. The summed E-state index contributed by atoms with van der Waals surface area (Å²) < 4.78 is 29.6. The molecule has 2 aromatic heterocycles. The van der Waals surface area contributed by atoms with Crippen molar-refractivity contribution in [3.63, 3.8) is 0 Å². The number of pyridine rings is 1. The van der Waals surface area contributed by atoms with Crippen molar-refractivity contribution in [2.24, 2.45) is 0 Å². The van der Waals surface area contributed by atoms with Crippen molar-refractivity contribution in [1.29, 1.82) is 0 Å². The van der Waals surface area contributed by atoms with E-state index in [9.17, 15) is 8.42 Å². The van der Waals surface area contributed by atoms with E-state index < -0.39 is 10.0 Å². The number of nitrogens with two attached hydrogens (primary N) is 1. The third-order valence-electron chi connectivity index (χ3n) is 2.79. The second-order valence-corrected chi connectivity index (χ2v) is 7.50. The van der Waals surface area contributed by atoms with Gasteiger partial charge in [-0.3, -0.25) is 4.98 Å². The summed E-state index contributed by atoms with van der Waals surface area (Å²) in [5.41, 5.74) is 7.41. The number of rotatable bonds is 5. The molecule has 0 aliphatic heterocycles. The Balaban J connectivity index is 2.27. The van der Waals surface area contributed by atoms with E-state index >= 15 is 0 Å². The van der Waals surface area contributed by atoms with Crippen LogP contribution in [0.25, 0.3) is 0 Å². The Kier molecular flexibility index (Phi) is 4.45. The Morgan fingerprint density at radius 2 is 2.10 bits per heavy atom. The summed E-state index contributed by atoms with van der Waals surface area (Å²) in [6.07, 6.45) is 0. The molecular weight excluding hydrogens is 310 g/mol. The fourth-order valence-electron chi connectivity index (χ4n) is 1.71. The summed E-state index contributed by atoms with van der Waals surface area (Å²) in [6, 6.07) is 5.67. The maximum atomic E-state index is 12.3. The van der Waals surface area contributed by atoms with Crippen LogP contribution in [0.3, 0.4) is 0 Å². The predicted octanol–water partition coefficient (Wildman–Crippen LogP) is 1.29. The fraction of sp³-hybridized carbons (Fsp3) is 0.333. The van der Waals surface area contributed by atoms with Crippen molar-refractivity contribution < 1.29 is 8.42 Å². The van der Waals surface area contributed by atoms with Crippen LogP contribution in [0.15, 0.2) is 23.1 Å². The fourth-order valence-corrected chi connectivity index (χ4v) is 3.78. The number of hydrogen-bond acceptors (Lipinski definition) is 7. The van der Waals surface area contributed by atoms with E-state index in [1.165, 1.54) is 14.1 Å². The van der Waals surface area contributed by atoms with E-state index in [4.69, 9.17) is 5.73 Å². The van der Waals surface area contributed by atoms with E-state index in [0.717, 1.165) is 27.2 Å². The van der Waals surface area contributed by atoms with E-state index in [1.807, 2.05) is 25.1 Å². The molecule has 0 amide bonds. The quantitative estimate of drug-likeness (QED) is 0.858. The maximum Gasteiger partial charge on any atom is 0.249 e. The number of nitrogen functional groups attached to an aromatic ring is 1. The normalized spacial score (nSPS) is 11.8. The smallest absolute Gasteiger partial charge is 0.249 e. The number of aromatic nitrogens is 2. The maximum absolute atomic E-state index is 12.3. The van der Waals surface area contributed by atoms with Crippen molar-refractivity contribution in [1.82, 2.24) is 13.7 Å². The van der Waals surface area contributed by atoms with E-state index in [1.54, 1.807) is 0 Å². The molecule has 21 heavy (non-hydrogen) atoms. The van der Waals surface area contributed by atoms with Crippen LogP contribution < -0.4 is 11.1 Å². The minimum absolute atomic E-state index is 0.00778. The average Bonchev–Trinajstić information content (AvgIpc) is 2.78. The van der Waals surface area contributed by atoms with Gasteiger partial charge in [0.15, 0.2) is 10.7 Å². The highest BCUT2D eigenvalue weighted by atomic mass is 32.2. The van der Waals surface area contributed by atoms with Gasteiger partial charge in [0.1, 0.15) is 5.00 Å². The van der Waals surface area contributed by atoms with Crippen LogP contribution in [0.5, 0.6) is 0 Å². The molecular formula is C12H17N5O2S2. The minimum Gasteiger partial charge on any atom is -0.382 e. The van der Waals surface area contributed by atoms with Crippen molar-refractivity contribution in [3.8, 4) is 0 Å². The largest absolute Gasteiger partial charge is 0.382 e. The van der Waals surface area contributed by atoms with Gasteiger partial charge in [-0.2, -0.15) is 4.37 Å². The average molecular weight is 327 g/mol. The highest BCUT2D eigenvalue weighted by Gasteiger charge is 2.27. The Labute approximate surface area is 128 Å². The second-order valence-electron chi connectivity index (χ2n) is 4.64. The lowest BCUT2D eigenvalue weighted by Gasteiger charge is -2.12. The molecule has 0 aliphatic carbocycles. The van der Waals surface area contributed by atoms with Gasteiger partial charge in [0.25, 0.3) is 0 Å². The third kappa shape index (κ3) is 3.31. The zero-order valence-electron chi connectivity index (χ0n) is 12.0. The molecule has 7 nitrogen and oxygen atoms in total. The van der Waals surface area contributed by atoms with Gasteiger partial charge >= 0.3 is 0 Å². The van der Waals surface area contributed by atoms with Gasteiger partial charge in [-0.05, 0) is 30.6 Å². The van der Waals surface area contributed by atoms with Gasteiger partial charge in [0.2, 0.25) is 10.0 Å². The molecule has 2 heterocycles. The first-order chi connectivity index (χ1) is 9.82. The molecule has 9 heteroatoms. The summed E-state index contributed by atoms with van der Waals surface area (Å²) in [5.74, 6) is 0.00778. The van der Waals surface area contributed by atoms with Crippen LogP contribution in [-0.4, -0.2) is 36.2 Å². The number of hydrogen-bond donors (Lipinski definition) is 2. The molecule has 0 aromatic carbocycles. The monoisotopic (exact) mass is 327 g/mol. The number of anilines is 2. The molecule has 3 N–H and O–H groups in total. The molecule has 2 aromatic rings. The Hall–Kier alpha value is -1.71. The first-order valence-electron chi connectivity index (χ1n) is 6.16. The molecule has 0 atom stereocenters. The van der Waals surface area contributed by atoms with Crippen molar-refractivity contribution in [2.75, 3.05) is 25.1 Å². The van der Waals surface area contributed by atoms with Crippen LogP contribution in [0.2, 0.25) is 0 Å². The first-order valence-corrected chi connectivity index (χ1v) is 8.38. The van der Waals surface area contributed by atoms with Crippen LogP contribution in [0.4, 0.5) is 10.8 Å². The van der Waals surface area contributed by atoms with Gasteiger partial charge in [-0.1, -0.05) is 6.07 Å². The van der Waals surface area contributed by atoms with Crippen molar-refractivity contribution in [2.45, 2.75) is 18.4 Å². The van der Waals surface area contributed by atoms with Gasteiger partial charge in [0, 0.05) is 19.8 Å². The minimum atomic E-state index is -3.63. The van der Waals surface area contributed by atoms with Gasteiger partial charge in [0.05, 0.1) is 12.2 Å². The van der Waals surface area contributed by atoms with E-state index in [-0.39, 0.29) is 10.7 Å². The Morgan fingerprint density at radius 3 is 2.71 bits per heavy atom. The highest BCUT2D eigenvalue weighted by molar-refractivity contribution is 7.89. The standard InChI is InChI=1S/C12H17N5O2S2/c1-8-5-4-6-9(15-8)7-14-12-10(11(13)16-20-12)21(18,19)17(2)3/h4-6,14H,7H2,1-3H3,(H2,13,16). The molecule has 0 radical (unpaired) electrons. The third-order valence-corrected chi connectivity index (χ3v) is 5.63. The number of sulfonamides is 1. The Bertz CT molecular complexity index is 740. The Morgan fingerprint density at radius 1 is 1.38 bits per heavy atom. The van der Waals surface area contributed by atoms with Gasteiger partial charge in [-0.15, -0.1) is 0 Å². The number of aryl methyl sites for hydroxylation is 1. The van der Waals surface area contributed by atoms with Crippen molar-refractivity contribution in [3.05, 3.63) is 29.6 Å². The van der Waals surface area contributed by atoms with Crippen molar-refractivity contribution >= 4 is 32.4 Å². The highest BCUT2D eigenvalue weighted by Crippen LogP contribution is 2.33. The van der Waals surface area contributed by atoms with Gasteiger partial charge < -0.3 is 11.1 Å². The summed E-state index contributed by atoms with van der Waals surface area (Å²) >= 11 is 1.02. The molecule has 0 fully saturated rings. The first kappa shape index (κ1) is 15.7. The second kappa shape index (κ2) is 5.96. The van der Waals surface area contributed by atoms with E-state index in [0.29, 0.717) is 11.5 Å². The number of nitrogens with one attached hydrogen (secondary N) is 1. The summed E-state index contributed by atoms with van der Waals surface area (Å²) in [4.78, 5) is 4.37. The molecule has 2 rings (SSSR count).